The van der Waals surface area contributed by atoms with Gasteiger partial charge in [-0.1, -0.05) is 0 Å². The van der Waals surface area contributed by atoms with Crippen LogP contribution in [0.2, 0.25) is 0 Å². The van der Waals surface area contributed by atoms with Crippen LogP contribution in [0.1, 0.15) is 32.3 Å². The van der Waals surface area contributed by atoms with E-state index in [2.05, 4.69) is 10.4 Å². The molecule has 0 saturated carbocycles. The van der Waals surface area contributed by atoms with Crippen LogP contribution in [-0.2, 0) is 15.9 Å². The minimum Gasteiger partial charge on any atom is -0.463 e. The van der Waals surface area contributed by atoms with Gasteiger partial charge in [0.1, 0.15) is 35.1 Å². The number of rotatable bonds is 6. The van der Waals surface area contributed by atoms with Crippen molar-refractivity contribution in [2.24, 2.45) is 0 Å². The average Bonchev–Trinajstić information content (AvgIpc) is 3.13. The zero-order chi connectivity index (χ0) is 18.1. The fraction of sp³-hybridized carbons (Fsp3) is 0.467. The maximum atomic E-state index is 12.4. The summed E-state index contributed by atoms with van der Waals surface area (Å²) in [7, 11) is 0. The van der Waals surface area contributed by atoms with Crippen molar-refractivity contribution in [2.75, 3.05) is 6.54 Å². The summed E-state index contributed by atoms with van der Waals surface area (Å²) in [6, 6.07) is 3.36. The largest absolute Gasteiger partial charge is 0.463 e. The molecule has 0 aliphatic carbocycles. The first-order chi connectivity index (χ1) is 11.0. The number of aryl methyl sites for hydroxylation is 1. The Bertz CT molecular complexity index is 760. The van der Waals surface area contributed by atoms with Crippen LogP contribution in [0.3, 0.4) is 0 Å². The summed E-state index contributed by atoms with van der Waals surface area (Å²) < 4.78 is 6.60. The number of carbonyl (C=O) groups is 1. The van der Waals surface area contributed by atoms with Crippen molar-refractivity contribution >= 4 is 11.6 Å². The van der Waals surface area contributed by atoms with Gasteiger partial charge in [0.2, 0.25) is 5.91 Å². The molecule has 2 aromatic heterocycles. The maximum Gasteiger partial charge on any atom is 0.307 e. The van der Waals surface area contributed by atoms with E-state index in [1.807, 2.05) is 0 Å². The highest BCUT2D eigenvalue weighted by atomic mass is 16.6. The molecule has 0 saturated heterocycles. The number of nitrogens with one attached hydrogen (secondary N) is 1. The van der Waals surface area contributed by atoms with Crippen molar-refractivity contribution in [3.8, 4) is 0 Å². The van der Waals surface area contributed by atoms with Crippen molar-refractivity contribution < 1.29 is 19.2 Å². The Morgan fingerprint density at radius 1 is 1.46 bits per heavy atom. The Morgan fingerprint density at radius 2 is 2.12 bits per heavy atom. The van der Waals surface area contributed by atoms with Gasteiger partial charge in [-0.2, -0.15) is 5.10 Å². The lowest BCUT2D eigenvalue weighted by molar-refractivity contribution is -0.385. The van der Waals surface area contributed by atoms with Crippen LogP contribution < -0.4 is 5.32 Å². The Balaban J connectivity index is 2.08. The Morgan fingerprint density at radius 3 is 2.62 bits per heavy atom. The summed E-state index contributed by atoms with van der Waals surface area (Å²) >= 11 is 0. The Labute approximate surface area is 138 Å². The standard InChI is InChI=1S/C15H20N4O5/c1-10-5-6-12(24-10)15(4,21)9-16-13(20)14(2,3)18-8-11(7-17-18)19(22)23/h5-8,21H,9H2,1-4H3,(H,16,20). The fourth-order valence-corrected chi connectivity index (χ4v) is 2.10. The zero-order valence-corrected chi connectivity index (χ0v) is 13.9. The molecule has 0 bridgehead atoms. The Kier molecular flexibility index (Phi) is 4.48. The molecule has 2 aromatic rings. The molecule has 2 N–H and O–H groups in total. The normalized spacial score (nSPS) is 14.2. The molecule has 1 unspecified atom stereocenters. The molecule has 0 aromatic carbocycles. The Hall–Kier alpha value is -2.68. The number of hydrogen-bond donors (Lipinski definition) is 2. The zero-order valence-electron chi connectivity index (χ0n) is 13.9. The molecule has 9 heteroatoms. The van der Waals surface area contributed by atoms with Crippen molar-refractivity contribution in [1.82, 2.24) is 15.1 Å². The van der Waals surface area contributed by atoms with Gasteiger partial charge in [0.25, 0.3) is 0 Å². The fourth-order valence-electron chi connectivity index (χ4n) is 2.10. The van der Waals surface area contributed by atoms with Crippen LogP contribution in [0.25, 0.3) is 0 Å². The first-order valence-electron chi connectivity index (χ1n) is 7.31. The summed E-state index contributed by atoms with van der Waals surface area (Å²) in [4.78, 5) is 22.6. The number of carbonyl (C=O) groups excluding carboxylic acids is 1. The number of nitrogens with zero attached hydrogens (tertiary/aromatic N) is 3. The number of aliphatic hydroxyl groups is 1. The molecule has 0 spiro atoms. The van der Waals surface area contributed by atoms with E-state index < -0.39 is 22.0 Å². The van der Waals surface area contributed by atoms with Crippen molar-refractivity contribution in [2.45, 2.75) is 38.8 Å². The van der Waals surface area contributed by atoms with E-state index in [1.54, 1.807) is 32.9 Å². The van der Waals surface area contributed by atoms with E-state index >= 15 is 0 Å². The van der Waals surface area contributed by atoms with Crippen molar-refractivity contribution in [1.29, 1.82) is 0 Å². The van der Waals surface area contributed by atoms with Crippen molar-refractivity contribution in [3.05, 3.63) is 46.2 Å². The van der Waals surface area contributed by atoms with Crippen molar-refractivity contribution in [3.63, 3.8) is 0 Å². The second-order valence-corrected chi connectivity index (χ2v) is 6.33. The summed E-state index contributed by atoms with van der Waals surface area (Å²) in [5.74, 6) is 0.553. The smallest absolute Gasteiger partial charge is 0.307 e. The highest BCUT2D eigenvalue weighted by Crippen LogP contribution is 2.23. The van der Waals surface area contributed by atoms with E-state index in [-0.39, 0.29) is 12.2 Å². The summed E-state index contributed by atoms with van der Waals surface area (Å²) in [6.45, 7) is 6.35. The SMILES string of the molecule is Cc1ccc(C(C)(O)CNC(=O)C(C)(C)n2cc([N+](=O)[O-])cn2)o1. The molecule has 0 aliphatic rings. The number of furan rings is 1. The average molecular weight is 336 g/mol. The third-order valence-electron chi connectivity index (χ3n) is 3.77. The molecule has 24 heavy (non-hydrogen) atoms. The van der Waals surface area contributed by atoms with Gasteiger partial charge in [-0.05, 0) is 39.8 Å². The minimum absolute atomic E-state index is 0.0778. The van der Waals surface area contributed by atoms with E-state index in [1.165, 1.54) is 17.8 Å². The van der Waals surface area contributed by atoms with E-state index in [4.69, 9.17) is 4.42 Å². The van der Waals surface area contributed by atoms with E-state index in [9.17, 15) is 20.0 Å². The second-order valence-electron chi connectivity index (χ2n) is 6.33. The highest BCUT2D eigenvalue weighted by molar-refractivity contribution is 5.83. The second kappa shape index (κ2) is 6.08. The van der Waals surface area contributed by atoms with Gasteiger partial charge in [-0.3, -0.25) is 19.6 Å². The highest BCUT2D eigenvalue weighted by Gasteiger charge is 2.34. The third kappa shape index (κ3) is 3.46. The van der Waals surface area contributed by atoms with Gasteiger partial charge in [-0.25, -0.2) is 0 Å². The molecule has 130 valence electrons. The molecule has 1 atom stereocenters. The molecule has 0 fully saturated rings. The lowest BCUT2D eigenvalue weighted by Crippen LogP contribution is -2.48. The predicted octanol–water partition coefficient (Wildman–Crippen LogP) is 1.45. The summed E-state index contributed by atoms with van der Waals surface area (Å²) in [5.41, 5.74) is -2.74. The van der Waals surface area contributed by atoms with Crippen LogP contribution in [0.5, 0.6) is 0 Å². The van der Waals surface area contributed by atoms with E-state index in [0.717, 1.165) is 6.20 Å². The van der Waals surface area contributed by atoms with Crippen LogP contribution in [0.4, 0.5) is 5.69 Å². The van der Waals surface area contributed by atoms with Crippen LogP contribution in [-0.4, -0.2) is 32.3 Å². The van der Waals surface area contributed by atoms with Gasteiger partial charge in [0.15, 0.2) is 0 Å². The van der Waals surface area contributed by atoms with Gasteiger partial charge >= 0.3 is 5.69 Å². The molecule has 2 rings (SSSR count). The number of amides is 1. The molecule has 9 nitrogen and oxygen atoms in total. The topological polar surface area (TPSA) is 123 Å². The van der Waals surface area contributed by atoms with Gasteiger partial charge in [0.05, 0.1) is 11.5 Å². The van der Waals surface area contributed by atoms with Crippen LogP contribution in [0, 0.1) is 17.0 Å². The molecule has 0 radical (unpaired) electrons. The lowest BCUT2D eigenvalue weighted by atomic mass is 10.0. The monoisotopic (exact) mass is 336 g/mol. The first-order valence-corrected chi connectivity index (χ1v) is 7.31. The van der Waals surface area contributed by atoms with Gasteiger partial charge in [-0.15, -0.1) is 0 Å². The number of hydrogen-bond acceptors (Lipinski definition) is 6. The lowest BCUT2D eigenvalue weighted by Gasteiger charge is -2.27. The van der Waals surface area contributed by atoms with Crippen LogP contribution in [0.15, 0.2) is 28.9 Å². The van der Waals surface area contributed by atoms with Gasteiger partial charge < -0.3 is 14.8 Å². The molecular formula is C15H20N4O5. The quantitative estimate of drug-likeness (QED) is 0.608. The number of nitro groups is 1. The molecule has 0 aliphatic heterocycles. The first kappa shape index (κ1) is 17.7. The van der Waals surface area contributed by atoms with Gasteiger partial charge in [0, 0.05) is 0 Å². The molecule has 1 amide bonds. The predicted molar refractivity (Wildman–Crippen MR) is 84.2 cm³/mol. The maximum absolute atomic E-state index is 12.4. The van der Waals surface area contributed by atoms with Crippen LogP contribution >= 0.6 is 0 Å². The molecule has 2 heterocycles. The van der Waals surface area contributed by atoms with E-state index in [0.29, 0.717) is 11.5 Å². The summed E-state index contributed by atoms with van der Waals surface area (Å²) in [6.07, 6.45) is 2.27. The summed E-state index contributed by atoms with van der Waals surface area (Å²) in [5, 5.41) is 27.7. The minimum atomic E-state index is -1.38. The number of aromatic nitrogens is 2. The molecular weight excluding hydrogens is 316 g/mol. The third-order valence-corrected chi connectivity index (χ3v) is 3.77.